The number of ether oxygens (including phenoxy) is 3. The predicted octanol–water partition coefficient (Wildman–Crippen LogP) is 5.20. The number of carbonyl (C=O) groups excluding carboxylic acids is 2. The van der Waals surface area contributed by atoms with E-state index in [0.29, 0.717) is 33.9 Å². The van der Waals surface area contributed by atoms with Crippen molar-refractivity contribution in [3.05, 3.63) is 46.1 Å². The van der Waals surface area contributed by atoms with E-state index in [1.54, 1.807) is 14.0 Å². The lowest BCUT2D eigenvalue weighted by molar-refractivity contribution is -0.113. The molecule has 0 aliphatic heterocycles. The number of anilines is 1. The van der Waals surface area contributed by atoms with Crippen LogP contribution in [0.2, 0.25) is 0 Å². The van der Waals surface area contributed by atoms with E-state index < -0.39 is 0 Å². The molecule has 1 amide bonds. The maximum absolute atomic E-state index is 12.9. The Morgan fingerprint density at radius 1 is 1.14 bits per heavy atom. The van der Waals surface area contributed by atoms with E-state index in [4.69, 9.17) is 14.2 Å². The van der Waals surface area contributed by atoms with Gasteiger partial charge in [0, 0.05) is 11.9 Å². The number of amides is 1. The molecule has 2 heterocycles. The Hall–Kier alpha value is -3.05. The Balaban J connectivity index is 1.40. The number of carbonyl (C=O) groups is 2. The molecule has 0 radical (unpaired) electrons. The first kappa shape index (κ1) is 27.0. The van der Waals surface area contributed by atoms with E-state index in [1.165, 1.54) is 28.0 Å². The van der Waals surface area contributed by atoms with Gasteiger partial charge in [-0.1, -0.05) is 18.2 Å². The molecule has 0 bridgehead atoms. The average molecular weight is 545 g/mol. The molecule has 0 spiro atoms. The SMILES string of the molecule is CCOC(=O)c1c(NC(=O)CSc2nnc(C(C)Oc3ccc(OC)cc3)n2C)sc2c1CCCCC2. The zero-order chi connectivity index (χ0) is 26.4. The summed E-state index contributed by atoms with van der Waals surface area (Å²) in [6.07, 6.45) is 4.69. The van der Waals surface area contributed by atoms with Crippen LogP contribution in [0, 0.1) is 0 Å². The van der Waals surface area contributed by atoms with Gasteiger partial charge in [0.2, 0.25) is 5.91 Å². The summed E-state index contributed by atoms with van der Waals surface area (Å²) in [5, 5.41) is 12.6. The smallest absolute Gasteiger partial charge is 0.341 e. The molecular formula is C26H32N4O5S2. The Labute approximate surface area is 224 Å². The third kappa shape index (κ3) is 6.45. The molecule has 0 fully saturated rings. The molecule has 1 aliphatic rings. The Kier molecular flexibility index (Phi) is 9.09. The van der Waals surface area contributed by atoms with Crippen molar-refractivity contribution in [3.8, 4) is 11.5 Å². The van der Waals surface area contributed by atoms with Crippen LogP contribution in [0.5, 0.6) is 11.5 Å². The summed E-state index contributed by atoms with van der Waals surface area (Å²) >= 11 is 2.77. The highest BCUT2D eigenvalue weighted by Gasteiger charge is 2.27. The molecule has 198 valence electrons. The summed E-state index contributed by atoms with van der Waals surface area (Å²) in [7, 11) is 3.46. The number of thioether (sulfide) groups is 1. The number of esters is 1. The number of hydrogen-bond acceptors (Lipinski definition) is 9. The molecule has 11 heteroatoms. The molecule has 2 aromatic heterocycles. The van der Waals surface area contributed by atoms with Crippen molar-refractivity contribution in [1.29, 1.82) is 0 Å². The highest BCUT2D eigenvalue weighted by Crippen LogP contribution is 2.38. The molecule has 4 rings (SSSR count). The summed E-state index contributed by atoms with van der Waals surface area (Å²) in [6.45, 7) is 3.98. The fourth-order valence-corrected chi connectivity index (χ4v) is 6.27. The van der Waals surface area contributed by atoms with Gasteiger partial charge >= 0.3 is 5.97 Å². The number of rotatable bonds is 10. The number of fused-ring (bicyclic) bond motifs is 1. The minimum Gasteiger partial charge on any atom is -0.497 e. The molecule has 1 aliphatic carbocycles. The molecule has 9 nitrogen and oxygen atoms in total. The molecule has 1 N–H and O–H groups in total. The first-order valence-electron chi connectivity index (χ1n) is 12.4. The van der Waals surface area contributed by atoms with Crippen LogP contribution in [0.3, 0.4) is 0 Å². The largest absolute Gasteiger partial charge is 0.497 e. The van der Waals surface area contributed by atoms with Gasteiger partial charge in [-0.05, 0) is 69.4 Å². The van der Waals surface area contributed by atoms with Gasteiger partial charge in [-0.15, -0.1) is 21.5 Å². The van der Waals surface area contributed by atoms with Crippen molar-refractivity contribution in [2.24, 2.45) is 7.05 Å². The minimum absolute atomic E-state index is 0.129. The lowest BCUT2D eigenvalue weighted by Gasteiger charge is -2.14. The Morgan fingerprint density at radius 3 is 2.59 bits per heavy atom. The summed E-state index contributed by atoms with van der Waals surface area (Å²) in [5.74, 6) is 1.64. The van der Waals surface area contributed by atoms with Gasteiger partial charge in [-0.25, -0.2) is 4.79 Å². The summed E-state index contributed by atoms with van der Waals surface area (Å²) in [4.78, 5) is 26.8. The topological polar surface area (TPSA) is 105 Å². The molecular weight excluding hydrogens is 512 g/mol. The normalized spacial score (nSPS) is 13.8. The number of benzene rings is 1. The highest BCUT2D eigenvalue weighted by molar-refractivity contribution is 7.99. The van der Waals surface area contributed by atoms with E-state index in [0.717, 1.165) is 43.4 Å². The van der Waals surface area contributed by atoms with Crippen LogP contribution in [0.15, 0.2) is 29.4 Å². The fourth-order valence-electron chi connectivity index (χ4n) is 4.26. The monoisotopic (exact) mass is 544 g/mol. The lowest BCUT2D eigenvalue weighted by Crippen LogP contribution is -2.17. The lowest BCUT2D eigenvalue weighted by atomic mass is 10.1. The second-order valence-corrected chi connectivity index (χ2v) is 10.7. The molecule has 0 saturated carbocycles. The first-order chi connectivity index (χ1) is 17.9. The van der Waals surface area contributed by atoms with Gasteiger partial charge in [0.25, 0.3) is 0 Å². The third-order valence-electron chi connectivity index (χ3n) is 6.09. The number of nitrogens with zero attached hydrogens (tertiary/aromatic N) is 3. The molecule has 1 unspecified atom stereocenters. The van der Waals surface area contributed by atoms with Crippen LogP contribution in [-0.2, 0) is 29.4 Å². The standard InChI is InChI=1S/C26H32N4O5S2/c1-5-34-25(32)22-19-9-7-6-8-10-20(19)37-24(22)27-21(31)15-36-26-29-28-23(30(26)3)16(2)35-18-13-11-17(33-4)12-14-18/h11-14,16H,5-10,15H2,1-4H3,(H,27,31). The van der Waals surface area contributed by atoms with Crippen LogP contribution in [0.1, 0.15) is 65.8 Å². The van der Waals surface area contributed by atoms with E-state index >= 15 is 0 Å². The third-order valence-corrected chi connectivity index (χ3v) is 8.32. The molecule has 0 saturated heterocycles. The maximum atomic E-state index is 12.9. The molecule has 3 aromatic rings. The van der Waals surface area contributed by atoms with Crippen molar-refractivity contribution >= 4 is 40.0 Å². The van der Waals surface area contributed by atoms with E-state index in [1.807, 2.05) is 42.8 Å². The van der Waals surface area contributed by atoms with Gasteiger partial charge in [-0.2, -0.15) is 0 Å². The van der Waals surface area contributed by atoms with E-state index in [-0.39, 0.29) is 23.7 Å². The van der Waals surface area contributed by atoms with Crippen molar-refractivity contribution in [3.63, 3.8) is 0 Å². The second kappa shape index (κ2) is 12.5. The quantitative estimate of drug-likeness (QED) is 0.211. The maximum Gasteiger partial charge on any atom is 0.341 e. The van der Waals surface area contributed by atoms with Gasteiger partial charge in [-0.3, -0.25) is 4.79 Å². The first-order valence-corrected chi connectivity index (χ1v) is 14.2. The van der Waals surface area contributed by atoms with Gasteiger partial charge < -0.3 is 24.1 Å². The summed E-state index contributed by atoms with van der Waals surface area (Å²) in [5.41, 5.74) is 1.56. The number of methoxy groups -OCH3 is 1. The zero-order valence-electron chi connectivity index (χ0n) is 21.5. The van der Waals surface area contributed by atoms with Gasteiger partial charge in [0.15, 0.2) is 17.1 Å². The van der Waals surface area contributed by atoms with Crippen LogP contribution < -0.4 is 14.8 Å². The second-order valence-electron chi connectivity index (χ2n) is 8.66. The zero-order valence-corrected chi connectivity index (χ0v) is 23.2. The van der Waals surface area contributed by atoms with Crippen molar-refractivity contribution in [1.82, 2.24) is 14.8 Å². The summed E-state index contributed by atoms with van der Waals surface area (Å²) < 4.78 is 18.3. The number of hydrogen-bond donors (Lipinski definition) is 1. The van der Waals surface area contributed by atoms with Gasteiger partial charge in [0.1, 0.15) is 16.5 Å². The van der Waals surface area contributed by atoms with Crippen LogP contribution in [0.4, 0.5) is 5.00 Å². The Bertz CT molecular complexity index is 1240. The number of aryl methyl sites for hydroxylation is 1. The Morgan fingerprint density at radius 2 is 1.86 bits per heavy atom. The van der Waals surface area contributed by atoms with E-state index in [2.05, 4.69) is 15.5 Å². The number of nitrogens with one attached hydrogen (secondary N) is 1. The van der Waals surface area contributed by atoms with Crippen molar-refractivity contribution in [2.45, 2.75) is 57.2 Å². The minimum atomic E-state index is -0.367. The van der Waals surface area contributed by atoms with Crippen molar-refractivity contribution < 1.29 is 23.8 Å². The summed E-state index contributed by atoms with van der Waals surface area (Å²) in [6, 6.07) is 7.33. The molecule has 37 heavy (non-hydrogen) atoms. The molecule has 1 aromatic carbocycles. The van der Waals surface area contributed by atoms with Gasteiger partial charge in [0.05, 0.1) is 25.0 Å². The average Bonchev–Trinajstić information content (AvgIpc) is 3.33. The van der Waals surface area contributed by atoms with E-state index in [9.17, 15) is 9.59 Å². The number of thiophene rings is 1. The van der Waals surface area contributed by atoms with Crippen molar-refractivity contribution in [2.75, 3.05) is 24.8 Å². The van der Waals surface area contributed by atoms with Crippen LogP contribution in [0.25, 0.3) is 0 Å². The van der Waals surface area contributed by atoms with Crippen LogP contribution >= 0.6 is 23.1 Å². The van der Waals surface area contributed by atoms with Crippen LogP contribution in [-0.4, -0.2) is 46.1 Å². The fraction of sp³-hybridized carbons (Fsp3) is 0.462. The number of aromatic nitrogens is 3. The highest BCUT2D eigenvalue weighted by atomic mass is 32.2. The molecule has 1 atom stereocenters. The predicted molar refractivity (Wildman–Crippen MR) is 144 cm³/mol.